The molecule has 74 heavy (non-hydrogen) atoms. The number of ether oxygens (including phenoxy) is 1. The van der Waals surface area contributed by atoms with Crippen molar-refractivity contribution >= 4 is 69.1 Å². The summed E-state index contributed by atoms with van der Waals surface area (Å²) >= 11 is 1.16. The Morgan fingerprint density at radius 2 is 1.32 bits per heavy atom. The number of aliphatic hydroxyl groups excluding tert-OH is 2. The van der Waals surface area contributed by atoms with E-state index in [1.807, 2.05) is 0 Å². The molecule has 24 nitrogen and oxygen atoms in total. The number of nitrogens with one attached hydrogen (secondary N) is 2. The third kappa shape index (κ3) is 26.3. The van der Waals surface area contributed by atoms with E-state index < -0.39 is 84.6 Å². The standard InChI is InChI=1S/C46H84N7O17P3S/c1-34(2)24-22-20-18-16-14-12-10-8-6-5-7-9-11-13-15-17-19-21-23-25-37(55)74-29-28-48-36(54)26-27-49-44(58)41(57)46(3,4)31-67-73(64,65)70-72(62,63)66-30-35-40(69-71(59,60)61)39(56)45(68-35)53-33-52-38-42(47)50-32-51-43(38)53/h32-35,39-41,45,56-57H,5-31H2,1-4H3,(H,48,54)(H,49,58)(H,62,63)(H,64,65)(H2,47,50,51)(H2,59,60,61). The Hall–Kier alpha value is -2.44. The minimum absolute atomic E-state index is 0.0345. The van der Waals surface area contributed by atoms with Crippen LogP contribution in [0.4, 0.5) is 5.82 Å². The number of carbonyl (C=O) groups is 3. The van der Waals surface area contributed by atoms with Crippen LogP contribution in [0.25, 0.3) is 11.2 Å². The number of nitrogens with two attached hydrogens (primary N) is 1. The van der Waals surface area contributed by atoms with Gasteiger partial charge in [0.15, 0.2) is 22.8 Å². The summed E-state index contributed by atoms with van der Waals surface area (Å²) in [6.07, 6.45) is 19.5. The van der Waals surface area contributed by atoms with Crippen LogP contribution in [0.15, 0.2) is 12.7 Å². The van der Waals surface area contributed by atoms with E-state index in [1.54, 1.807) is 0 Å². The van der Waals surface area contributed by atoms with Gasteiger partial charge in [-0.1, -0.05) is 161 Å². The molecule has 28 heteroatoms. The molecule has 2 aromatic rings. The molecule has 1 saturated heterocycles. The Balaban J connectivity index is 1.21. The molecule has 3 rings (SSSR count). The highest BCUT2D eigenvalue weighted by molar-refractivity contribution is 8.13. The van der Waals surface area contributed by atoms with Crippen LogP contribution in [0.3, 0.4) is 0 Å². The third-order valence-corrected chi connectivity index (χ3v) is 16.5. The molecule has 0 spiro atoms. The number of unbranched alkanes of at least 4 members (excludes halogenated alkanes) is 18. The van der Waals surface area contributed by atoms with Crippen molar-refractivity contribution in [3.05, 3.63) is 12.7 Å². The van der Waals surface area contributed by atoms with Crippen molar-refractivity contribution in [3.63, 3.8) is 0 Å². The van der Waals surface area contributed by atoms with Crippen LogP contribution in [0.1, 0.15) is 175 Å². The van der Waals surface area contributed by atoms with Crippen LogP contribution in [0.5, 0.6) is 0 Å². The first kappa shape index (κ1) is 65.8. The van der Waals surface area contributed by atoms with Gasteiger partial charge in [-0.15, -0.1) is 0 Å². The summed E-state index contributed by atoms with van der Waals surface area (Å²) in [5.74, 6) is -0.179. The zero-order valence-corrected chi connectivity index (χ0v) is 47.0. The van der Waals surface area contributed by atoms with Gasteiger partial charge in [0.2, 0.25) is 11.8 Å². The van der Waals surface area contributed by atoms with E-state index in [-0.39, 0.29) is 41.6 Å². The summed E-state index contributed by atoms with van der Waals surface area (Å²) in [5.41, 5.74) is 4.30. The molecule has 10 N–H and O–H groups in total. The monoisotopic (exact) mass is 1130 g/mol. The topological polar surface area (TPSA) is 364 Å². The fraction of sp³-hybridized carbons (Fsp3) is 0.826. The lowest BCUT2D eigenvalue weighted by molar-refractivity contribution is -0.137. The lowest BCUT2D eigenvalue weighted by Crippen LogP contribution is -2.46. The first-order valence-electron chi connectivity index (χ1n) is 26.0. The Bertz CT molecular complexity index is 2140. The second kappa shape index (κ2) is 33.8. The molecule has 0 aromatic carbocycles. The summed E-state index contributed by atoms with van der Waals surface area (Å²) in [6.45, 7) is 5.20. The highest BCUT2D eigenvalue weighted by atomic mass is 32.2. The normalized spacial score (nSPS) is 19.4. The van der Waals surface area contributed by atoms with E-state index in [2.05, 4.69) is 48.3 Å². The smallest absolute Gasteiger partial charge is 0.386 e. The molecular formula is C46H84N7O17P3S. The molecule has 0 bridgehead atoms. The number of aliphatic hydroxyl groups is 2. The van der Waals surface area contributed by atoms with Crippen LogP contribution in [-0.4, -0.2) is 123 Å². The minimum Gasteiger partial charge on any atom is -0.386 e. The number of phosphoric acid groups is 3. The lowest BCUT2D eigenvalue weighted by atomic mass is 9.87. The molecule has 426 valence electrons. The molecule has 1 aliphatic heterocycles. The van der Waals surface area contributed by atoms with Crippen molar-refractivity contribution in [3.8, 4) is 0 Å². The lowest BCUT2D eigenvalue weighted by Gasteiger charge is -2.30. The van der Waals surface area contributed by atoms with Gasteiger partial charge in [0, 0.05) is 37.1 Å². The average molecular weight is 1130 g/mol. The van der Waals surface area contributed by atoms with Gasteiger partial charge in [-0.05, 0) is 12.3 Å². The third-order valence-electron chi connectivity index (χ3n) is 12.4. The number of aromatic nitrogens is 4. The highest BCUT2D eigenvalue weighted by Crippen LogP contribution is 2.61. The van der Waals surface area contributed by atoms with E-state index in [9.17, 15) is 57.9 Å². The second-order valence-corrected chi connectivity index (χ2v) is 25.3. The Morgan fingerprint density at radius 1 is 0.784 bits per heavy atom. The number of amides is 2. The zero-order chi connectivity index (χ0) is 54.8. The number of thioether (sulfide) groups is 1. The van der Waals surface area contributed by atoms with Crippen molar-refractivity contribution < 1.29 is 80.5 Å². The molecule has 7 unspecified atom stereocenters. The number of anilines is 1. The summed E-state index contributed by atoms with van der Waals surface area (Å²) in [5, 5.41) is 26.7. The van der Waals surface area contributed by atoms with Gasteiger partial charge in [0.25, 0.3) is 0 Å². The number of hydrogen-bond acceptors (Lipinski definition) is 18. The summed E-state index contributed by atoms with van der Waals surface area (Å²) in [7, 11) is -16.4. The Morgan fingerprint density at radius 3 is 1.88 bits per heavy atom. The largest absolute Gasteiger partial charge is 0.481 e. The molecule has 0 aliphatic carbocycles. The van der Waals surface area contributed by atoms with Crippen molar-refractivity contribution in [2.45, 2.75) is 200 Å². The number of carbonyl (C=O) groups excluding carboxylic acids is 3. The maximum absolute atomic E-state index is 12.8. The first-order chi connectivity index (χ1) is 34.9. The van der Waals surface area contributed by atoms with Gasteiger partial charge in [0.05, 0.1) is 19.5 Å². The number of hydrogen-bond donors (Lipinski definition) is 9. The Labute approximate surface area is 439 Å². The van der Waals surface area contributed by atoms with E-state index >= 15 is 0 Å². The molecule has 2 aromatic heterocycles. The van der Waals surface area contributed by atoms with Gasteiger partial charge < -0.3 is 50.9 Å². The number of fused-ring (bicyclic) bond motifs is 1. The quantitative estimate of drug-likeness (QED) is 0.0230. The van der Waals surface area contributed by atoms with Crippen LogP contribution in [0.2, 0.25) is 0 Å². The zero-order valence-electron chi connectivity index (χ0n) is 43.5. The molecule has 0 radical (unpaired) electrons. The van der Waals surface area contributed by atoms with Crippen LogP contribution in [-0.2, 0) is 50.7 Å². The van der Waals surface area contributed by atoms with Crippen LogP contribution < -0.4 is 16.4 Å². The predicted molar refractivity (Wildman–Crippen MR) is 279 cm³/mol. The highest BCUT2D eigenvalue weighted by Gasteiger charge is 2.50. The molecular weight excluding hydrogens is 1050 g/mol. The van der Waals surface area contributed by atoms with E-state index in [0.29, 0.717) is 12.2 Å². The van der Waals surface area contributed by atoms with Gasteiger partial charge in [0.1, 0.15) is 36.3 Å². The molecule has 2 amide bonds. The van der Waals surface area contributed by atoms with Crippen LogP contribution >= 0.6 is 35.2 Å². The maximum Gasteiger partial charge on any atom is 0.481 e. The predicted octanol–water partition coefficient (Wildman–Crippen LogP) is 7.51. The average Bonchev–Trinajstić information content (AvgIpc) is 3.88. The molecule has 1 aliphatic rings. The minimum atomic E-state index is -5.58. The number of imidazole rings is 1. The van der Waals surface area contributed by atoms with E-state index in [1.165, 1.54) is 123 Å². The summed E-state index contributed by atoms with van der Waals surface area (Å²) in [4.78, 5) is 88.6. The van der Waals surface area contributed by atoms with Crippen molar-refractivity contribution in [2.24, 2.45) is 11.3 Å². The van der Waals surface area contributed by atoms with Crippen molar-refractivity contribution in [2.75, 3.05) is 37.8 Å². The molecule has 3 heterocycles. The number of phosphoric ester groups is 3. The fourth-order valence-corrected chi connectivity index (χ4v) is 11.7. The van der Waals surface area contributed by atoms with Gasteiger partial charge in [-0.2, -0.15) is 4.31 Å². The number of rotatable bonds is 41. The van der Waals surface area contributed by atoms with E-state index in [4.69, 9.17) is 19.5 Å². The fourth-order valence-electron chi connectivity index (χ4n) is 8.19. The maximum atomic E-state index is 12.8. The summed E-state index contributed by atoms with van der Waals surface area (Å²) in [6, 6.07) is 0. The number of nitrogens with zero attached hydrogens (tertiary/aromatic N) is 4. The first-order valence-corrected chi connectivity index (χ1v) is 31.5. The molecule has 1 fully saturated rings. The van der Waals surface area contributed by atoms with Crippen molar-refractivity contribution in [1.29, 1.82) is 0 Å². The van der Waals surface area contributed by atoms with Gasteiger partial charge >= 0.3 is 23.5 Å². The Kier molecular flexibility index (Phi) is 30.0. The van der Waals surface area contributed by atoms with Gasteiger partial charge in [-0.3, -0.25) is 32.5 Å². The number of nitrogen functional groups attached to an aromatic ring is 1. The van der Waals surface area contributed by atoms with Crippen LogP contribution in [0, 0.1) is 11.3 Å². The second-order valence-electron chi connectivity index (χ2n) is 19.9. The van der Waals surface area contributed by atoms with Gasteiger partial charge in [-0.25, -0.2) is 28.6 Å². The molecule has 0 saturated carbocycles. The van der Waals surface area contributed by atoms with Crippen molar-refractivity contribution in [1.82, 2.24) is 30.2 Å². The van der Waals surface area contributed by atoms with E-state index in [0.717, 1.165) is 54.2 Å². The summed E-state index contributed by atoms with van der Waals surface area (Å²) < 4.78 is 62.6. The SMILES string of the molecule is CC(C)CCCCCCCCCCCCCCCCCCCCCC(=O)SCCNC(=O)CCNC(=O)C(O)C(C)(C)COP(=O)(O)OP(=O)(O)OCC1OC(n2cnc3c(N)ncnc32)C(O)C1OP(=O)(O)O. The molecule has 7 atom stereocenters.